The lowest BCUT2D eigenvalue weighted by molar-refractivity contribution is 0.547. The second kappa shape index (κ2) is 2.77. The van der Waals surface area contributed by atoms with Gasteiger partial charge in [-0.25, -0.2) is 0 Å². The summed E-state index contributed by atoms with van der Waals surface area (Å²) >= 11 is 0. The minimum Gasteiger partial charge on any atom is -0.0844 e. The minimum absolute atomic E-state index is 0.905. The van der Waals surface area contributed by atoms with E-state index in [1.165, 1.54) is 38.5 Å². The zero-order valence-electron chi connectivity index (χ0n) is 6.40. The van der Waals surface area contributed by atoms with Gasteiger partial charge in [0, 0.05) is 6.42 Å². The zero-order chi connectivity index (χ0) is 6.81. The predicted molar refractivity (Wildman–Crippen MR) is 42.5 cm³/mol. The van der Waals surface area contributed by atoms with Gasteiger partial charge in [-0.15, -0.1) is 0 Å². The van der Waals surface area contributed by atoms with Gasteiger partial charge in [0.25, 0.3) is 0 Å². The molecule has 2 radical (unpaired) electrons. The van der Waals surface area contributed by atoms with E-state index < -0.39 is 0 Å². The van der Waals surface area contributed by atoms with Crippen LogP contribution in [0.1, 0.15) is 38.5 Å². The van der Waals surface area contributed by atoms with Gasteiger partial charge in [-0.3, -0.25) is 0 Å². The molecule has 0 N–H and O–H groups in total. The number of hydrogen-bond acceptors (Lipinski definition) is 0. The molecule has 0 amide bonds. The SMILES string of the molecule is [C]1CCC2CCCCC=C12. The Morgan fingerprint density at radius 3 is 3.30 bits per heavy atom. The van der Waals surface area contributed by atoms with Gasteiger partial charge in [0.15, 0.2) is 0 Å². The van der Waals surface area contributed by atoms with Gasteiger partial charge in [0.1, 0.15) is 0 Å². The summed E-state index contributed by atoms with van der Waals surface area (Å²) in [5.41, 5.74) is 1.55. The molecule has 1 fully saturated rings. The molecule has 10 heavy (non-hydrogen) atoms. The van der Waals surface area contributed by atoms with Crippen LogP contribution in [0.3, 0.4) is 0 Å². The summed E-state index contributed by atoms with van der Waals surface area (Å²) in [6.07, 6.45) is 14.0. The molecule has 0 bridgehead atoms. The van der Waals surface area contributed by atoms with Crippen LogP contribution in [0.25, 0.3) is 0 Å². The van der Waals surface area contributed by atoms with Crippen molar-refractivity contribution in [2.45, 2.75) is 38.5 Å². The van der Waals surface area contributed by atoms with Crippen molar-refractivity contribution in [1.82, 2.24) is 0 Å². The zero-order valence-corrected chi connectivity index (χ0v) is 6.40. The summed E-state index contributed by atoms with van der Waals surface area (Å²) in [4.78, 5) is 0. The number of fused-ring (bicyclic) bond motifs is 1. The molecular formula is C10H14. The summed E-state index contributed by atoms with van der Waals surface area (Å²) in [6.45, 7) is 0. The van der Waals surface area contributed by atoms with Crippen LogP contribution in [0.5, 0.6) is 0 Å². The summed E-state index contributed by atoms with van der Waals surface area (Å²) in [5, 5.41) is 0. The van der Waals surface area contributed by atoms with Crippen LogP contribution in [-0.4, -0.2) is 0 Å². The van der Waals surface area contributed by atoms with Gasteiger partial charge in [0.05, 0.1) is 0 Å². The normalized spacial score (nSPS) is 32.8. The van der Waals surface area contributed by atoms with Crippen LogP contribution in [0.4, 0.5) is 0 Å². The highest BCUT2D eigenvalue weighted by atomic mass is 14.3. The average Bonchev–Trinajstić information content (AvgIpc) is 2.28. The fourth-order valence-corrected chi connectivity index (χ4v) is 2.02. The third-order valence-electron chi connectivity index (χ3n) is 2.63. The third kappa shape index (κ3) is 1.12. The van der Waals surface area contributed by atoms with E-state index >= 15 is 0 Å². The van der Waals surface area contributed by atoms with Crippen LogP contribution in [0, 0.1) is 12.3 Å². The van der Waals surface area contributed by atoms with E-state index in [-0.39, 0.29) is 0 Å². The number of rotatable bonds is 0. The van der Waals surface area contributed by atoms with Gasteiger partial charge in [-0.05, 0) is 38.0 Å². The summed E-state index contributed by atoms with van der Waals surface area (Å²) in [5.74, 6) is 0.905. The minimum atomic E-state index is 0.905. The molecule has 2 aliphatic rings. The van der Waals surface area contributed by atoms with Crippen molar-refractivity contribution >= 4 is 0 Å². The molecular weight excluding hydrogens is 120 g/mol. The Labute approximate surface area is 63.3 Å². The monoisotopic (exact) mass is 134 g/mol. The Morgan fingerprint density at radius 1 is 1.30 bits per heavy atom. The Morgan fingerprint density at radius 2 is 2.30 bits per heavy atom. The fourth-order valence-electron chi connectivity index (χ4n) is 2.02. The lowest BCUT2D eigenvalue weighted by Gasteiger charge is -2.06. The molecule has 0 aromatic rings. The second-order valence-electron chi connectivity index (χ2n) is 3.36. The summed E-state index contributed by atoms with van der Waals surface area (Å²) in [7, 11) is 0. The largest absolute Gasteiger partial charge is 0.0844 e. The first-order chi connectivity index (χ1) is 4.97. The highest BCUT2D eigenvalue weighted by Crippen LogP contribution is 2.36. The Kier molecular flexibility index (Phi) is 1.79. The first-order valence-electron chi connectivity index (χ1n) is 4.41. The van der Waals surface area contributed by atoms with E-state index in [4.69, 9.17) is 0 Å². The van der Waals surface area contributed by atoms with E-state index in [1.54, 1.807) is 5.57 Å². The van der Waals surface area contributed by atoms with E-state index in [9.17, 15) is 0 Å². The molecule has 54 valence electrons. The van der Waals surface area contributed by atoms with Gasteiger partial charge in [-0.2, -0.15) is 0 Å². The Hall–Kier alpha value is -0.260. The molecule has 2 rings (SSSR count). The van der Waals surface area contributed by atoms with Crippen LogP contribution in [0.15, 0.2) is 11.6 Å². The molecule has 0 nitrogen and oxygen atoms in total. The van der Waals surface area contributed by atoms with E-state index in [0.29, 0.717) is 0 Å². The lowest BCUT2D eigenvalue weighted by atomic mass is 9.99. The van der Waals surface area contributed by atoms with E-state index in [1.807, 2.05) is 0 Å². The molecule has 0 aliphatic heterocycles. The maximum Gasteiger partial charge on any atom is 0.0120 e. The lowest BCUT2D eigenvalue weighted by Crippen LogP contribution is -1.93. The Bertz CT molecular complexity index is 144. The topological polar surface area (TPSA) is 0 Å². The van der Waals surface area contributed by atoms with Crippen LogP contribution in [0.2, 0.25) is 0 Å². The maximum absolute atomic E-state index is 3.46. The number of allylic oxidation sites excluding steroid dienone is 2. The molecule has 0 heterocycles. The van der Waals surface area contributed by atoms with E-state index in [0.717, 1.165) is 5.92 Å². The fraction of sp³-hybridized carbons (Fsp3) is 0.700. The average molecular weight is 134 g/mol. The molecule has 1 atom stereocenters. The van der Waals surface area contributed by atoms with Crippen molar-refractivity contribution < 1.29 is 0 Å². The van der Waals surface area contributed by atoms with Crippen molar-refractivity contribution in [2.24, 2.45) is 5.92 Å². The molecule has 2 aliphatic carbocycles. The molecule has 1 saturated carbocycles. The quantitative estimate of drug-likeness (QED) is 0.478. The van der Waals surface area contributed by atoms with Crippen molar-refractivity contribution in [1.29, 1.82) is 0 Å². The standard InChI is InChI=1S/C10H14/c1-2-5-9-7-4-8-10(9)6-3-1/h5,10H,1-4,6,8H2. The van der Waals surface area contributed by atoms with E-state index in [2.05, 4.69) is 12.5 Å². The predicted octanol–water partition coefficient (Wildman–Crippen LogP) is 2.98. The smallest absolute Gasteiger partial charge is 0.0120 e. The van der Waals surface area contributed by atoms with Crippen molar-refractivity contribution in [3.8, 4) is 0 Å². The van der Waals surface area contributed by atoms with Crippen molar-refractivity contribution in [2.75, 3.05) is 0 Å². The van der Waals surface area contributed by atoms with Crippen LogP contribution >= 0.6 is 0 Å². The van der Waals surface area contributed by atoms with Crippen molar-refractivity contribution in [3.05, 3.63) is 18.1 Å². The molecule has 0 heteroatoms. The van der Waals surface area contributed by atoms with Gasteiger partial charge in [-0.1, -0.05) is 18.1 Å². The summed E-state index contributed by atoms with van der Waals surface area (Å²) < 4.78 is 0. The second-order valence-corrected chi connectivity index (χ2v) is 3.36. The highest BCUT2D eigenvalue weighted by Gasteiger charge is 2.21. The number of hydrogen-bond donors (Lipinski definition) is 0. The highest BCUT2D eigenvalue weighted by molar-refractivity contribution is 5.22. The van der Waals surface area contributed by atoms with Gasteiger partial charge >= 0.3 is 0 Å². The molecule has 0 saturated heterocycles. The third-order valence-corrected chi connectivity index (χ3v) is 2.63. The molecule has 0 aromatic heterocycles. The molecule has 0 aromatic carbocycles. The van der Waals surface area contributed by atoms with Crippen LogP contribution < -0.4 is 0 Å². The van der Waals surface area contributed by atoms with Gasteiger partial charge in [0.2, 0.25) is 0 Å². The first-order valence-corrected chi connectivity index (χ1v) is 4.41. The molecule has 1 unspecified atom stereocenters. The van der Waals surface area contributed by atoms with Gasteiger partial charge < -0.3 is 0 Å². The first kappa shape index (κ1) is 6.45. The Balaban J connectivity index is 2.10. The summed E-state index contributed by atoms with van der Waals surface area (Å²) in [6, 6.07) is 0. The van der Waals surface area contributed by atoms with Crippen molar-refractivity contribution in [3.63, 3.8) is 0 Å². The maximum atomic E-state index is 3.46. The molecule has 0 spiro atoms. The van der Waals surface area contributed by atoms with Crippen LogP contribution in [-0.2, 0) is 0 Å².